The zero-order valence-electron chi connectivity index (χ0n) is 16.0. The normalized spacial score (nSPS) is 18.7. The Morgan fingerprint density at radius 3 is 2.53 bits per heavy atom. The lowest BCUT2D eigenvalue weighted by molar-refractivity contribution is -0.384. The van der Waals surface area contributed by atoms with Crippen molar-refractivity contribution >= 4 is 34.6 Å². The van der Waals surface area contributed by atoms with Crippen molar-refractivity contribution in [1.82, 2.24) is 19.9 Å². The largest absolute Gasteiger partial charge is 0.465 e. The van der Waals surface area contributed by atoms with Gasteiger partial charge in [0, 0.05) is 48.4 Å². The Morgan fingerprint density at radius 1 is 1.17 bits per heavy atom. The summed E-state index contributed by atoms with van der Waals surface area (Å²) >= 11 is 0. The Hall–Kier alpha value is -3.89. The molecule has 156 valence electrons. The van der Waals surface area contributed by atoms with Gasteiger partial charge in [-0.25, -0.2) is 14.3 Å². The van der Waals surface area contributed by atoms with Crippen LogP contribution in [0.4, 0.5) is 27.7 Å². The first kappa shape index (κ1) is 19.4. The second-order valence-corrected chi connectivity index (χ2v) is 7.21. The number of non-ortho nitro benzene ring substituents is 1. The molecule has 1 aliphatic rings. The fraction of sp³-hybridized carbons (Fsp3) is 0.316. The highest BCUT2D eigenvalue weighted by molar-refractivity contribution is 5.76. The lowest BCUT2D eigenvalue weighted by Gasteiger charge is -2.29. The van der Waals surface area contributed by atoms with Crippen molar-refractivity contribution in [3.8, 4) is 0 Å². The number of aromatic nitrogens is 3. The van der Waals surface area contributed by atoms with E-state index in [4.69, 9.17) is 5.11 Å². The molecular weight excluding hydrogens is 390 g/mol. The Balaban J connectivity index is 1.49. The molecule has 1 aromatic carbocycles. The van der Waals surface area contributed by atoms with Gasteiger partial charge in [-0.2, -0.15) is 0 Å². The number of carboxylic acid groups (broad SMARTS) is 1. The number of nitro benzene ring substituents is 1. The molecule has 1 aliphatic carbocycles. The molecule has 0 unspecified atom stereocenters. The molecule has 3 aromatic rings. The molecule has 4 N–H and O–H groups in total. The Labute approximate surface area is 171 Å². The number of fused-ring (bicyclic) bond motifs is 1. The van der Waals surface area contributed by atoms with Gasteiger partial charge in [0.1, 0.15) is 5.82 Å². The van der Waals surface area contributed by atoms with Crippen LogP contribution in [0.15, 0.2) is 42.7 Å². The van der Waals surface area contributed by atoms with E-state index >= 15 is 0 Å². The van der Waals surface area contributed by atoms with Crippen LogP contribution in [0.25, 0.3) is 5.65 Å². The minimum Gasteiger partial charge on any atom is -0.465 e. The van der Waals surface area contributed by atoms with Crippen molar-refractivity contribution in [2.45, 2.75) is 37.8 Å². The Bertz CT molecular complexity index is 1060. The summed E-state index contributed by atoms with van der Waals surface area (Å²) in [5.41, 5.74) is 2.07. The summed E-state index contributed by atoms with van der Waals surface area (Å²) in [6.45, 7) is 0. The number of nitrogens with one attached hydrogen (secondary N) is 3. The van der Waals surface area contributed by atoms with Crippen molar-refractivity contribution < 1.29 is 14.8 Å². The van der Waals surface area contributed by atoms with Crippen molar-refractivity contribution in [2.75, 3.05) is 10.6 Å². The van der Waals surface area contributed by atoms with E-state index in [-0.39, 0.29) is 17.8 Å². The van der Waals surface area contributed by atoms with Gasteiger partial charge in [-0.3, -0.25) is 10.1 Å². The molecule has 1 fully saturated rings. The number of carbonyl (C=O) groups is 1. The van der Waals surface area contributed by atoms with Gasteiger partial charge in [0.25, 0.3) is 5.69 Å². The minimum absolute atomic E-state index is 0.0102. The maximum Gasteiger partial charge on any atom is 0.404 e. The summed E-state index contributed by atoms with van der Waals surface area (Å²) in [4.78, 5) is 25.5. The third-order valence-electron chi connectivity index (χ3n) is 5.12. The molecule has 0 bridgehead atoms. The van der Waals surface area contributed by atoms with E-state index in [0.717, 1.165) is 25.7 Å². The van der Waals surface area contributed by atoms with Crippen LogP contribution in [-0.2, 0) is 0 Å². The number of amides is 1. The smallest absolute Gasteiger partial charge is 0.404 e. The van der Waals surface area contributed by atoms with E-state index in [2.05, 4.69) is 26.0 Å². The second kappa shape index (κ2) is 8.23. The molecular formula is C19H21N7O4. The van der Waals surface area contributed by atoms with Crippen molar-refractivity contribution in [2.24, 2.45) is 0 Å². The van der Waals surface area contributed by atoms with Gasteiger partial charge in [-0.05, 0) is 37.8 Å². The van der Waals surface area contributed by atoms with E-state index in [9.17, 15) is 14.9 Å². The Morgan fingerprint density at radius 2 is 1.87 bits per heavy atom. The monoisotopic (exact) mass is 411 g/mol. The number of hydrogen-bond acceptors (Lipinski definition) is 7. The summed E-state index contributed by atoms with van der Waals surface area (Å²) in [5, 5.41) is 33.4. The number of benzene rings is 1. The number of rotatable bonds is 6. The fourth-order valence-corrected chi connectivity index (χ4v) is 3.67. The van der Waals surface area contributed by atoms with Gasteiger partial charge in [-0.15, -0.1) is 5.10 Å². The van der Waals surface area contributed by atoms with Crippen LogP contribution in [0.3, 0.4) is 0 Å². The summed E-state index contributed by atoms with van der Waals surface area (Å²) in [5.74, 6) is 0.666. The third-order valence-corrected chi connectivity index (χ3v) is 5.12. The lowest BCUT2D eigenvalue weighted by Crippen LogP contribution is -2.39. The number of anilines is 3. The first-order valence-electron chi connectivity index (χ1n) is 9.60. The lowest BCUT2D eigenvalue weighted by atomic mass is 9.91. The van der Waals surface area contributed by atoms with Crippen molar-refractivity contribution in [1.29, 1.82) is 0 Å². The average molecular weight is 411 g/mol. The second-order valence-electron chi connectivity index (χ2n) is 7.21. The van der Waals surface area contributed by atoms with E-state index in [0.29, 0.717) is 22.8 Å². The highest BCUT2D eigenvalue weighted by atomic mass is 16.6. The first-order valence-corrected chi connectivity index (χ1v) is 9.60. The molecule has 2 aromatic heterocycles. The summed E-state index contributed by atoms with van der Waals surface area (Å²) in [6, 6.07) is 8.19. The summed E-state index contributed by atoms with van der Waals surface area (Å²) in [6.07, 6.45) is 5.61. The van der Waals surface area contributed by atoms with Crippen LogP contribution >= 0.6 is 0 Å². The van der Waals surface area contributed by atoms with E-state index in [1.807, 2.05) is 6.07 Å². The molecule has 0 radical (unpaired) electrons. The Kier molecular flexibility index (Phi) is 5.33. The van der Waals surface area contributed by atoms with Gasteiger partial charge in [0.2, 0.25) is 0 Å². The number of imidazole rings is 1. The highest BCUT2D eigenvalue weighted by Gasteiger charge is 2.23. The van der Waals surface area contributed by atoms with Crippen LogP contribution in [0, 0.1) is 10.1 Å². The zero-order valence-corrected chi connectivity index (χ0v) is 16.0. The van der Waals surface area contributed by atoms with E-state index in [1.165, 1.54) is 12.1 Å². The summed E-state index contributed by atoms with van der Waals surface area (Å²) in [7, 11) is 0. The molecule has 1 amide bonds. The molecule has 30 heavy (non-hydrogen) atoms. The van der Waals surface area contributed by atoms with Gasteiger partial charge >= 0.3 is 6.09 Å². The molecule has 0 atom stereocenters. The SMILES string of the molecule is O=C(O)NC1CCC(Nc2cc(Nc3ccc([N+](=O)[O-])cc3)c3nccn3n2)CC1. The van der Waals surface area contributed by atoms with Gasteiger partial charge in [0.05, 0.1) is 10.6 Å². The zero-order chi connectivity index (χ0) is 21.1. The molecule has 1 saturated carbocycles. The maximum atomic E-state index is 10.8. The minimum atomic E-state index is -0.986. The predicted octanol–water partition coefficient (Wildman–Crippen LogP) is 3.37. The van der Waals surface area contributed by atoms with E-state index < -0.39 is 11.0 Å². The van der Waals surface area contributed by atoms with Crippen LogP contribution in [0.1, 0.15) is 25.7 Å². The molecule has 0 saturated heterocycles. The average Bonchev–Trinajstić information content (AvgIpc) is 3.18. The van der Waals surface area contributed by atoms with Gasteiger partial charge < -0.3 is 21.1 Å². The maximum absolute atomic E-state index is 10.8. The highest BCUT2D eigenvalue weighted by Crippen LogP contribution is 2.27. The molecule has 11 nitrogen and oxygen atoms in total. The number of hydrogen-bond donors (Lipinski definition) is 4. The standard InChI is InChI=1S/C19H21N7O4/c27-19(28)23-14-3-1-13(2-4-14)22-17-11-16(18-20-9-10-25(18)24-17)21-12-5-7-15(8-6-12)26(29)30/h5-11,13-14,21,23H,1-4H2,(H,22,24)(H,27,28). The van der Waals surface area contributed by atoms with Crippen LogP contribution < -0.4 is 16.0 Å². The molecule has 2 heterocycles. The third kappa shape index (κ3) is 4.40. The molecule has 11 heteroatoms. The van der Waals surface area contributed by atoms with E-state index in [1.54, 1.807) is 29.0 Å². The van der Waals surface area contributed by atoms with Crippen molar-refractivity contribution in [3.63, 3.8) is 0 Å². The van der Waals surface area contributed by atoms with Gasteiger partial charge in [0.15, 0.2) is 5.65 Å². The molecule has 0 spiro atoms. The number of nitro groups is 1. The first-order chi connectivity index (χ1) is 14.5. The topological polar surface area (TPSA) is 147 Å². The van der Waals surface area contributed by atoms with Crippen molar-refractivity contribution in [3.05, 3.63) is 52.8 Å². The van der Waals surface area contributed by atoms with Gasteiger partial charge in [-0.1, -0.05) is 0 Å². The van der Waals surface area contributed by atoms with Crippen LogP contribution in [0.2, 0.25) is 0 Å². The molecule has 0 aliphatic heterocycles. The quantitative estimate of drug-likeness (QED) is 0.357. The summed E-state index contributed by atoms with van der Waals surface area (Å²) < 4.78 is 1.66. The molecule has 4 rings (SSSR count). The predicted molar refractivity (Wildman–Crippen MR) is 110 cm³/mol. The fourth-order valence-electron chi connectivity index (χ4n) is 3.67. The van der Waals surface area contributed by atoms with Crippen LogP contribution in [-0.4, -0.2) is 42.8 Å². The van der Waals surface area contributed by atoms with Crippen LogP contribution in [0.5, 0.6) is 0 Å². The number of nitrogens with zero attached hydrogens (tertiary/aromatic N) is 4.